The molecule has 130 valence electrons. The van der Waals surface area contributed by atoms with E-state index in [1.807, 2.05) is 30.3 Å². The quantitative estimate of drug-likeness (QED) is 0.454. The Morgan fingerprint density at radius 3 is 2.68 bits per heavy atom. The number of nitro benzene ring substituents is 1. The summed E-state index contributed by atoms with van der Waals surface area (Å²) in [6.45, 7) is 0.546. The van der Waals surface area contributed by atoms with E-state index in [2.05, 4.69) is 5.32 Å². The van der Waals surface area contributed by atoms with Crippen molar-refractivity contribution in [3.8, 4) is 5.75 Å². The van der Waals surface area contributed by atoms with Gasteiger partial charge in [0.15, 0.2) is 0 Å². The second kappa shape index (κ2) is 9.07. The van der Waals surface area contributed by atoms with Crippen LogP contribution in [-0.4, -0.2) is 22.7 Å². The fourth-order valence-corrected chi connectivity index (χ4v) is 2.07. The van der Waals surface area contributed by atoms with Gasteiger partial charge in [-0.25, -0.2) is 4.79 Å². The van der Waals surface area contributed by atoms with Crippen molar-refractivity contribution in [2.45, 2.75) is 13.0 Å². The van der Waals surface area contributed by atoms with Gasteiger partial charge in [0.25, 0.3) is 0 Å². The number of carbonyl (C=O) groups is 1. The predicted octanol–water partition coefficient (Wildman–Crippen LogP) is 3.63. The summed E-state index contributed by atoms with van der Waals surface area (Å²) in [6, 6.07) is 13.6. The maximum Gasteiger partial charge on any atom is 0.407 e. The first-order chi connectivity index (χ1) is 12.1. The van der Waals surface area contributed by atoms with E-state index in [-0.39, 0.29) is 18.0 Å². The first-order valence-electron chi connectivity index (χ1n) is 7.65. The van der Waals surface area contributed by atoms with Crippen molar-refractivity contribution in [1.82, 2.24) is 5.32 Å². The largest absolute Gasteiger partial charge is 0.502 e. The smallest absolute Gasteiger partial charge is 0.407 e. The van der Waals surface area contributed by atoms with Crippen LogP contribution in [0.2, 0.25) is 0 Å². The Bertz CT molecular complexity index is 759. The normalized spacial score (nSPS) is 10.6. The van der Waals surface area contributed by atoms with Crippen molar-refractivity contribution in [2.24, 2.45) is 0 Å². The van der Waals surface area contributed by atoms with Gasteiger partial charge in [-0.05, 0) is 12.0 Å². The Balaban J connectivity index is 1.74. The van der Waals surface area contributed by atoms with Gasteiger partial charge in [-0.3, -0.25) is 10.1 Å². The molecule has 0 heterocycles. The van der Waals surface area contributed by atoms with E-state index >= 15 is 0 Å². The molecular formula is C18H18N2O5. The van der Waals surface area contributed by atoms with Crippen LogP contribution in [0, 0.1) is 10.1 Å². The summed E-state index contributed by atoms with van der Waals surface area (Å²) in [5.41, 5.74) is 0.907. The van der Waals surface area contributed by atoms with Crippen LogP contribution in [0.25, 0.3) is 6.08 Å². The van der Waals surface area contributed by atoms with Crippen molar-refractivity contribution in [1.29, 1.82) is 0 Å². The molecule has 0 aliphatic rings. The second-order valence-corrected chi connectivity index (χ2v) is 5.15. The zero-order valence-electron chi connectivity index (χ0n) is 13.4. The lowest BCUT2D eigenvalue weighted by molar-refractivity contribution is -0.385. The summed E-state index contributed by atoms with van der Waals surface area (Å²) in [4.78, 5) is 21.7. The Morgan fingerprint density at radius 2 is 1.96 bits per heavy atom. The number of hydrogen-bond donors (Lipinski definition) is 2. The van der Waals surface area contributed by atoms with E-state index < -0.39 is 11.0 Å². The van der Waals surface area contributed by atoms with Gasteiger partial charge in [-0.15, -0.1) is 0 Å². The SMILES string of the molecule is O=C(NCCC=Cc1cccc([N+](=O)[O-])c1O)OCc1ccccc1. The van der Waals surface area contributed by atoms with Gasteiger partial charge in [0.1, 0.15) is 6.61 Å². The number of phenols is 1. The van der Waals surface area contributed by atoms with Crippen LogP contribution < -0.4 is 5.32 Å². The molecule has 0 aliphatic carbocycles. The molecule has 25 heavy (non-hydrogen) atoms. The van der Waals surface area contributed by atoms with Crippen LogP contribution in [0.5, 0.6) is 5.75 Å². The van der Waals surface area contributed by atoms with E-state index in [1.165, 1.54) is 12.1 Å². The molecule has 1 amide bonds. The molecular weight excluding hydrogens is 324 g/mol. The third kappa shape index (κ3) is 5.65. The minimum Gasteiger partial charge on any atom is -0.502 e. The molecule has 0 unspecified atom stereocenters. The monoisotopic (exact) mass is 342 g/mol. The fourth-order valence-electron chi connectivity index (χ4n) is 2.07. The van der Waals surface area contributed by atoms with E-state index in [1.54, 1.807) is 18.2 Å². The molecule has 0 saturated heterocycles. The minimum absolute atomic E-state index is 0.198. The molecule has 0 spiro atoms. The van der Waals surface area contributed by atoms with Crippen LogP contribution in [0.3, 0.4) is 0 Å². The number of para-hydroxylation sites is 1. The molecule has 7 nitrogen and oxygen atoms in total. The number of hydrogen-bond acceptors (Lipinski definition) is 5. The number of aromatic hydroxyl groups is 1. The van der Waals surface area contributed by atoms with Crippen LogP contribution in [-0.2, 0) is 11.3 Å². The molecule has 2 rings (SSSR count). The number of carbonyl (C=O) groups excluding carboxylic acids is 1. The van der Waals surface area contributed by atoms with E-state index in [9.17, 15) is 20.0 Å². The molecule has 0 aromatic heterocycles. The number of benzene rings is 2. The van der Waals surface area contributed by atoms with Crippen molar-refractivity contribution in [3.63, 3.8) is 0 Å². The Labute approximate surface area is 144 Å². The number of ether oxygens (including phenoxy) is 1. The van der Waals surface area contributed by atoms with Gasteiger partial charge >= 0.3 is 11.8 Å². The maximum absolute atomic E-state index is 11.6. The molecule has 0 saturated carbocycles. The van der Waals surface area contributed by atoms with Gasteiger partial charge in [0.05, 0.1) is 4.92 Å². The van der Waals surface area contributed by atoms with Crippen molar-refractivity contribution in [2.75, 3.05) is 6.54 Å². The fraction of sp³-hybridized carbons (Fsp3) is 0.167. The Hall–Kier alpha value is -3.35. The van der Waals surface area contributed by atoms with Crippen LogP contribution >= 0.6 is 0 Å². The van der Waals surface area contributed by atoms with E-state index in [4.69, 9.17) is 4.74 Å². The van der Waals surface area contributed by atoms with Crippen molar-refractivity contribution in [3.05, 3.63) is 75.8 Å². The summed E-state index contributed by atoms with van der Waals surface area (Å²) >= 11 is 0. The molecule has 0 aliphatic heterocycles. The van der Waals surface area contributed by atoms with Gasteiger partial charge in [-0.2, -0.15) is 0 Å². The van der Waals surface area contributed by atoms with Crippen molar-refractivity contribution >= 4 is 17.9 Å². The molecule has 0 atom stereocenters. The summed E-state index contributed by atoms with van der Waals surface area (Å²) in [7, 11) is 0. The highest BCUT2D eigenvalue weighted by Gasteiger charge is 2.14. The minimum atomic E-state index is -0.642. The molecule has 2 aromatic rings. The lowest BCUT2D eigenvalue weighted by Gasteiger charge is -2.06. The summed E-state index contributed by atoms with van der Waals surface area (Å²) in [5.74, 6) is -0.376. The molecule has 2 aromatic carbocycles. The number of rotatable bonds is 7. The first-order valence-corrected chi connectivity index (χ1v) is 7.65. The molecule has 0 fully saturated rings. The molecule has 0 radical (unpaired) electrons. The topological polar surface area (TPSA) is 102 Å². The summed E-state index contributed by atoms with van der Waals surface area (Å²) in [5, 5.41) is 23.1. The Morgan fingerprint density at radius 1 is 1.20 bits per heavy atom. The summed E-state index contributed by atoms with van der Waals surface area (Å²) < 4.78 is 5.07. The molecule has 7 heteroatoms. The number of amides is 1. The van der Waals surface area contributed by atoms with Gasteiger partial charge in [0.2, 0.25) is 5.75 Å². The summed E-state index contributed by atoms with van der Waals surface area (Å²) in [6.07, 6.45) is 3.24. The van der Waals surface area contributed by atoms with E-state index in [0.29, 0.717) is 18.5 Å². The number of nitrogens with one attached hydrogen (secondary N) is 1. The molecule has 2 N–H and O–H groups in total. The van der Waals surface area contributed by atoms with Gasteiger partial charge in [0, 0.05) is 18.2 Å². The first kappa shape index (κ1) is 18.0. The van der Waals surface area contributed by atoms with Crippen LogP contribution in [0.1, 0.15) is 17.5 Å². The highest BCUT2D eigenvalue weighted by molar-refractivity contribution is 5.67. The third-order valence-corrected chi connectivity index (χ3v) is 3.33. The molecule has 0 bridgehead atoms. The number of phenolic OH excluding ortho intramolecular Hbond substituents is 1. The zero-order valence-corrected chi connectivity index (χ0v) is 13.4. The average molecular weight is 342 g/mol. The lowest BCUT2D eigenvalue weighted by atomic mass is 10.1. The van der Waals surface area contributed by atoms with E-state index in [0.717, 1.165) is 5.56 Å². The van der Waals surface area contributed by atoms with Crippen LogP contribution in [0.15, 0.2) is 54.6 Å². The number of nitrogens with zero attached hydrogens (tertiary/aromatic N) is 1. The van der Waals surface area contributed by atoms with Crippen molar-refractivity contribution < 1.29 is 19.6 Å². The maximum atomic E-state index is 11.6. The Kier molecular flexibility index (Phi) is 6.53. The number of nitro groups is 1. The zero-order chi connectivity index (χ0) is 18.1. The van der Waals surface area contributed by atoms with Gasteiger partial charge < -0.3 is 15.2 Å². The lowest BCUT2D eigenvalue weighted by Crippen LogP contribution is -2.24. The third-order valence-electron chi connectivity index (χ3n) is 3.33. The highest BCUT2D eigenvalue weighted by Crippen LogP contribution is 2.30. The second-order valence-electron chi connectivity index (χ2n) is 5.15. The highest BCUT2D eigenvalue weighted by atomic mass is 16.6. The van der Waals surface area contributed by atoms with Gasteiger partial charge in [-0.1, -0.05) is 54.6 Å². The average Bonchev–Trinajstić information content (AvgIpc) is 2.61. The standard InChI is InChI=1S/C18H18N2O5/c21-17-15(10-6-11-16(17)20(23)24)9-4-5-12-19-18(22)25-13-14-7-2-1-3-8-14/h1-4,6-11,21H,5,12-13H2,(H,19,22). The van der Waals surface area contributed by atoms with Crippen LogP contribution in [0.4, 0.5) is 10.5 Å². The predicted molar refractivity (Wildman–Crippen MR) is 93.0 cm³/mol. The number of alkyl carbamates (subject to hydrolysis) is 1.